The number of esters is 1. The summed E-state index contributed by atoms with van der Waals surface area (Å²) in [4.78, 5) is 23.1. The number of aryl methyl sites for hydroxylation is 1. The summed E-state index contributed by atoms with van der Waals surface area (Å²) in [6.07, 6.45) is 11.6. The van der Waals surface area contributed by atoms with Crippen LogP contribution in [0.3, 0.4) is 0 Å². The van der Waals surface area contributed by atoms with E-state index in [-0.39, 0.29) is 6.61 Å². The maximum atomic E-state index is 11.7. The lowest BCUT2D eigenvalue weighted by Crippen LogP contribution is -2.12. The van der Waals surface area contributed by atoms with Gasteiger partial charge in [0, 0.05) is 6.08 Å². The van der Waals surface area contributed by atoms with Gasteiger partial charge in [0.1, 0.15) is 5.75 Å². The van der Waals surface area contributed by atoms with Crippen LogP contribution in [0.25, 0.3) is 6.08 Å². The molecule has 0 saturated carbocycles. The maximum absolute atomic E-state index is 11.7. The quantitative estimate of drug-likeness (QED) is 0.147. The first-order valence-corrected chi connectivity index (χ1v) is 10.4. The van der Waals surface area contributed by atoms with Crippen LogP contribution in [0.5, 0.6) is 5.75 Å². The molecule has 31 heavy (non-hydrogen) atoms. The van der Waals surface area contributed by atoms with E-state index in [1.54, 1.807) is 20.1 Å². The second kappa shape index (κ2) is 13.3. The van der Waals surface area contributed by atoms with Crippen LogP contribution < -0.4 is 4.74 Å². The summed E-state index contributed by atoms with van der Waals surface area (Å²) < 4.78 is 14.8. The number of methoxy groups -OCH3 is 1. The highest BCUT2D eigenvalue weighted by atomic mass is 16.7. The standard InChI is InChI=1S/C26H34O5/c1-8-9-15-30-26(28)31-25(27)16-19(3)12-10-11-18(2)13-14-23-20(4)17-24(29-7)22(6)21(23)5/h10-14,16-17H,8-9,15H2,1-7H3/b12-10+,14-13+,18-11+,19-16+. The molecule has 0 amide bonds. The van der Waals surface area contributed by atoms with E-state index in [1.807, 2.05) is 38.1 Å². The Balaban J connectivity index is 2.73. The Morgan fingerprint density at radius 1 is 1.03 bits per heavy atom. The molecule has 0 unspecified atom stereocenters. The average molecular weight is 427 g/mol. The Bertz CT molecular complexity index is 901. The van der Waals surface area contributed by atoms with Crippen LogP contribution in [0.2, 0.25) is 0 Å². The van der Waals surface area contributed by atoms with E-state index >= 15 is 0 Å². The minimum atomic E-state index is -0.966. The molecule has 0 aliphatic heterocycles. The second-order valence-corrected chi connectivity index (χ2v) is 7.42. The van der Waals surface area contributed by atoms with Gasteiger partial charge in [-0.3, -0.25) is 0 Å². The highest BCUT2D eigenvalue weighted by Gasteiger charge is 2.09. The lowest BCUT2D eigenvalue weighted by Gasteiger charge is -2.13. The lowest BCUT2D eigenvalue weighted by molar-refractivity contribution is -0.134. The van der Waals surface area contributed by atoms with Crippen LogP contribution in [-0.2, 0) is 14.3 Å². The van der Waals surface area contributed by atoms with Gasteiger partial charge in [-0.2, -0.15) is 0 Å². The van der Waals surface area contributed by atoms with Crippen molar-refractivity contribution in [1.29, 1.82) is 0 Å². The third-order valence-corrected chi connectivity index (χ3v) is 4.81. The van der Waals surface area contributed by atoms with E-state index < -0.39 is 12.1 Å². The molecule has 0 saturated heterocycles. The molecule has 168 valence electrons. The minimum absolute atomic E-state index is 0.248. The van der Waals surface area contributed by atoms with Crippen molar-refractivity contribution in [2.45, 2.75) is 54.4 Å². The van der Waals surface area contributed by atoms with Gasteiger partial charge in [0.15, 0.2) is 0 Å². The van der Waals surface area contributed by atoms with Gasteiger partial charge in [-0.15, -0.1) is 0 Å². The van der Waals surface area contributed by atoms with E-state index in [1.165, 1.54) is 17.2 Å². The average Bonchev–Trinajstić information content (AvgIpc) is 2.70. The third-order valence-electron chi connectivity index (χ3n) is 4.81. The number of rotatable bonds is 9. The zero-order chi connectivity index (χ0) is 23.4. The first kappa shape index (κ1) is 26.0. The van der Waals surface area contributed by atoms with Gasteiger partial charge in [-0.05, 0) is 74.9 Å². The molecule has 1 aromatic carbocycles. The normalized spacial score (nSPS) is 12.5. The lowest BCUT2D eigenvalue weighted by atomic mass is 9.96. The van der Waals surface area contributed by atoms with Crippen molar-refractivity contribution in [1.82, 2.24) is 0 Å². The Morgan fingerprint density at radius 3 is 2.39 bits per heavy atom. The molecule has 1 rings (SSSR count). The van der Waals surface area contributed by atoms with Crippen LogP contribution >= 0.6 is 0 Å². The predicted octanol–water partition coefficient (Wildman–Crippen LogP) is 6.56. The number of allylic oxidation sites excluding steroid dienone is 6. The molecular weight excluding hydrogens is 392 g/mol. The summed E-state index contributed by atoms with van der Waals surface area (Å²) in [6, 6.07) is 2.05. The van der Waals surface area contributed by atoms with E-state index in [4.69, 9.17) is 9.47 Å². The molecule has 0 aromatic heterocycles. The fraction of sp³-hybridized carbons (Fsp3) is 0.385. The zero-order valence-electron chi connectivity index (χ0n) is 19.7. The third kappa shape index (κ3) is 9.08. The largest absolute Gasteiger partial charge is 0.516 e. The van der Waals surface area contributed by atoms with Crippen molar-refractivity contribution in [2.24, 2.45) is 0 Å². The Labute approximate surface area is 186 Å². The van der Waals surface area contributed by atoms with Gasteiger partial charge in [0.25, 0.3) is 0 Å². The molecule has 0 fully saturated rings. The Morgan fingerprint density at radius 2 is 1.74 bits per heavy atom. The van der Waals surface area contributed by atoms with E-state index in [9.17, 15) is 9.59 Å². The molecule has 0 radical (unpaired) electrons. The fourth-order valence-corrected chi connectivity index (χ4v) is 2.83. The monoisotopic (exact) mass is 426 g/mol. The van der Waals surface area contributed by atoms with Crippen LogP contribution in [-0.4, -0.2) is 25.8 Å². The molecule has 0 aliphatic carbocycles. The van der Waals surface area contributed by atoms with Gasteiger partial charge < -0.3 is 14.2 Å². The van der Waals surface area contributed by atoms with Gasteiger partial charge >= 0.3 is 12.1 Å². The number of hydrogen-bond donors (Lipinski definition) is 0. The topological polar surface area (TPSA) is 61.8 Å². The van der Waals surface area contributed by atoms with Gasteiger partial charge in [-0.25, -0.2) is 9.59 Å². The SMILES string of the molecule is CCCCOC(=O)OC(=O)/C=C(C)/C=C/C=C(C)/C=C/c1c(C)cc(OC)c(C)c1C. The van der Waals surface area contributed by atoms with Crippen molar-refractivity contribution < 1.29 is 23.8 Å². The molecule has 0 spiro atoms. The predicted molar refractivity (Wildman–Crippen MR) is 125 cm³/mol. The van der Waals surface area contributed by atoms with Crippen LogP contribution in [0.1, 0.15) is 55.9 Å². The van der Waals surface area contributed by atoms with E-state index in [0.29, 0.717) is 5.57 Å². The molecule has 0 bridgehead atoms. The molecule has 0 aliphatic rings. The first-order chi connectivity index (χ1) is 14.7. The molecule has 5 heteroatoms. The smallest absolute Gasteiger partial charge is 0.496 e. The number of carbonyl (C=O) groups is 2. The van der Waals surface area contributed by atoms with E-state index in [0.717, 1.165) is 35.3 Å². The summed E-state index contributed by atoms with van der Waals surface area (Å²) in [7, 11) is 1.69. The Hall–Kier alpha value is -3.08. The minimum Gasteiger partial charge on any atom is -0.496 e. The highest BCUT2D eigenvalue weighted by molar-refractivity contribution is 5.90. The Kier molecular flexibility index (Phi) is 11.1. The molecule has 0 atom stereocenters. The summed E-state index contributed by atoms with van der Waals surface area (Å²) in [6.45, 7) is 12.2. The van der Waals surface area contributed by atoms with Crippen molar-refractivity contribution in [2.75, 3.05) is 13.7 Å². The number of benzene rings is 1. The van der Waals surface area contributed by atoms with Crippen molar-refractivity contribution in [3.63, 3.8) is 0 Å². The van der Waals surface area contributed by atoms with Gasteiger partial charge in [0.2, 0.25) is 0 Å². The van der Waals surface area contributed by atoms with Crippen LogP contribution in [0, 0.1) is 20.8 Å². The zero-order valence-corrected chi connectivity index (χ0v) is 19.7. The van der Waals surface area contributed by atoms with E-state index in [2.05, 4.69) is 31.6 Å². The molecule has 0 heterocycles. The second-order valence-electron chi connectivity index (χ2n) is 7.42. The van der Waals surface area contributed by atoms with Crippen LogP contribution in [0.15, 0.2) is 47.6 Å². The fourth-order valence-electron chi connectivity index (χ4n) is 2.83. The number of ether oxygens (including phenoxy) is 3. The number of carbonyl (C=O) groups excluding carboxylic acids is 2. The molecular formula is C26H34O5. The van der Waals surface area contributed by atoms with Crippen molar-refractivity contribution >= 4 is 18.2 Å². The summed E-state index contributed by atoms with van der Waals surface area (Å²) in [5.74, 6) is 0.155. The summed E-state index contributed by atoms with van der Waals surface area (Å²) >= 11 is 0. The highest BCUT2D eigenvalue weighted by Crippen LogP contribution is 2.28. The molecule has 1 aromatic rings. The van der Waals surface area contributed by atoms with Crippen LogP contribution in [0.4, 0.5) is 4.79 Å². The van der Waals surface area contributed by atoms with Crippen molar-refractivity contribution in [3.8, 4) is 5.75 Å². The first-order valence-electron chi connectivity index (χ1n) is 10.4. The summed E-state index contributed by atoms with van der Waals surface area (Å²) in [5, 5.41) is 0. The summed E-state index contributed by atoms with van der Waals surface area (Å²) in [5.41, 5.74) is 6.39. The van der Waals surface area contributed by atoms with Crippen molar-refractivity contribution in [3.05, 3.63) is 69.8 Å². The van der Waals surface area contributed by atoms with Gasteiger partial charge in [0.05, 0.1) is 13.7 Å². The maximum Gasteiger partial charge on any atom is 0.516 e. The number of unbranched alkanes of at least 4 members (excludes halogenated alkanes) is 1. The molecule has 5 nitrogen and oxygen atoms in total. The molecule has 0 N–H and O–H groups in total. The van der Waals surface area contributed by atoms with Gasteiger partial charge in [-0.1, -0.05) is 49.3 Å². The number of hydrogen-bond acceptors (Lipinski definition) is 5.